The largest absolute Gasteiger partial charge is 0.481 e. The maximum Gasteiger partial charge on any atom is 0.216 e. The van der Waals surface area contributed by atoms with Gasteiger partial charge in [-0.15, -0.1) is 0 Å². The van der Waals surface area contributed by atoms with Gasteiger partial charge >= 0.3 is 0 Å². The second-order valence-electron chi connectivity index (χ2n) is 2.72. The summed E-state index contributed by atoms with van der Waals surface area (Å²) in [5, 5.41) is 0. The molecule has 0 aliphatic rings. The molecule has 0 saturated carbocycles. The molecule has 0 unspecified atom stereocenters. The minimum Gasteiger partial charge on any atom is -0.481 e. The van der Waals surface area contributed by atoms with E-state index >= 15 is 0 Å². The zero-order chi connectivity index (χ0) is 10.6. The molecule has 1 aromatic heterocycles. The Bertz CT molecular complexity index is 314. The lowest BCUT2D eigenvalue weighted by atomic mass is 10.1. The van der Waals surface area contributed by atoms with Crippen LogP contribution in [0.4, 0.5) is 0 Å². The van der Waals surface area contributed by atoms with Crippen molar-refractivity contribution in [2.75, 3.05) is 14.2 Å². The van der Waals surface area contributed by atoms with Crippen LogP contribution in [0.1, 0.15) is 23.7 Å². The number of ether oxygens (including phenoxy) is 2. The second kappa shape index (κ2) is 4.60. The van der Waals surface area contributed by atoms with Crippen LogP contribution in [-0.2, 0) is 0 Å². The van der Waals surface area contributed by atoms with E-state index in [0.29, 0.717) is 23.7 Å². The average molecular weight is 195 g/mol. The summed E-state index contributed by atoms with van der Waals surface area (Å²) in [5.74, 6) is 0.825. The highest BCUT2D eigenvalue weighted by atomic mass is 16.5. The zero-order valence-corrected chi connectivity index (χ0v) is 8.53. The molecule has 0 amide bonds. The van der Waals surface area contributed by atoms with Gasteiger partial charge in [-0.2, -0.15) is 4.98 Å². The van der Waals surface area contributed by atoms with Crippen molar-refractivity contribution in [3.05, 3.63) is 17.7 Å². The average Bonchev–Trinajstić information content (AvgIpc) is 2.27. The smallest absolute Gasteiger partial charge is 0.216 e. The molecular formula is C10H13NO3. The number of hydrogen-bond donors (Lipinski definition) is 0. The molecule has 1 heterocycles. The van der Waals surface area contributed by atoms with Crippen LogP contribution >= 0.6 is 0 Å². The molecule has 0 spiro atoms. The first-order chi connectivity index (χ1) is 6.71. The molecule has 0 atom stereocenters. The van der Waals surface area contributed by atoms with Gasteiger partial charge in [0.25, 0.3) is 0 Å². The number of Topliss-reactive ketones (excluding diaryl/α,β-unsaturated/α-hetero) is 1. The lowest BCUT2D eigenvalue weighted by Crippen LogP contribution is -2.00. The highest BCUT2D eigenvalue weighted by Gasteiger charge is 2.08. The van der Waals surface area contributed by atoms with Gasteiger partial charge in [-0.05, 0) is 0 Å². The van der Waals surface area contributed by atoms with E-state index in [9.17, 15) is 4.79 Å². The molecule has 0 fully saturated rings. The number of hydrogen-bond acceptors (Lipinski definition) is 4. The van der Waals surface area contributed by atoms with Crippen molar-refractivity contribution in [2.45, 2.75) is 13.3 Å². The van der Waals surface area contributed by atoms with Gasteiger partial charge in [0, 0.05) is 24.1 Å². The molecule has 1 aromatic rings. The maximum atomic E-state index is 11.4. The summed E-state index contributed by atoms with van der Waals surface area (Å²) < 4.78 is 9.90. The van der Waals surface area contributed by atoms with Crippen molar-refractivity contribution in [1.29, 1.82) is 0 Å². The molecule has 4 nitrogen and oxygen atoms in total. The fourth-order valence-corrected chi connectivity index (χ4v) is 1.06. The molecule has 1 rings (SSSR count). The third-order valence-electron chi connectivity index (χ3n) is 1.84. The van der Waals surface area contributed by atoms with E-state index in [1.165, 1.54) is 14.2 Å². The summed E-state index contributed by atoms with van der Waals surface area (Å²) in [6, 6.07) is 3.21. The molecule has 0 radical (unpaired) electrons. The van der Waals surface area contributed by atoms with Crippen molar-refractivity contribution >= 4 is 5.78 Å². The van der Waals surface area contributed by atoms with Crippen LogP contribution in [0.3, 0.4) is 0 Å². The fourth-order valence-electron chi connectivity index (χ4n) is 1.06. The quantitative estimate of drug-likeness (QED) is 0.686. The molecule has 0 aliphatic heterocycles. The molecule has 0 N–H and O–H groups in total. The SMILES string of the molecule is CCC(=O)c1cc(OC)nc(OC)c1. The third kappa shape index (κ3) is 2.22. The van der Waals surface area contributed by atoms with Gasteiger partial charge in [-0.1, -0.05) is 6.92 Å². The predicted octanol–water partition coefficient (Wildman–Crippen LogP) is 1.69. The number of carbonyl (C=O) groups excluding carboxylic acids is 1. The molecular weight excluding hydrogens is 182 g/mol. The van der Waals surface area contributed by atoms with E-state index < -0.39 is 0 Å². The van der Waals surface area contributed by atoms with E-state index in [1.54, 1.807) is 12.1 Å². The van der Waals surface area contributed by atoms with Crippen molar-refractivity contribution in [3.8, 4) is 11.8 Å². The summed E-state index contributed by atoms with van der Waals surface area (Å²) in [5.41, 5.74) is 0.566. The van der Waals surface area contributed by atoms with Gasteiger partial charge in [0.15, 0.2) is 5.78 Å². The fraction of sp³-hybridized carbons (Fsp3) is 0.400. The van der Waals surface area contributed by atoms with Gasteiger partial charge in [-0.3, -0.25) is 4.79 Å². The summed E-state index contributed by atoms with van der Waals surface area (Å²) in [7, 11) is 3.00. The van der Waals surface area contributed by atoms with Crippen LogP contribution in [0.25, 0.3) is 0 Å². The van der Waals surface area contributed by atoms with Crippen LogP contribution in [-0.4, -0.2) is 25.0 Å². The molecule has 4 heteroatoms. The number of carbonyl (C=O) groups is 1. The first kappa shape index (κ1) is 10.5. The van der Waals surface area contributed by atoms with Crippen molar-refractivity contribution in [3.63, 3.8) is 0 Å². The van der Waals surface area contributed by atoms with E-state index in [1.807, 2.05) is 6.92 Å². The number of rotatable bonds is 4. The van der Waals surface area contributed by atoms with Gasteiger partial charge in [0.05, 0.1) is 14.2 Å². The predicted molar refractivity (Wildman–Crippen MR) is 52.0 cm³/mol. The van der Waals surface area contributed by atoms with Crippen molar-refractivity contribution in [2.24, 2.45) is 0 Å². The summed E-state index contributed by atoms with van der Waals surface area (Å²) >= 11 is 0. The van der Waals surface area contributed by atoms with E-state index in [4.69, 9.17) is 9.47 Å². The van der Waals surface area contributed by atoms with Gasteiger partial charge in [0.2, 0.25) is 11.8 Å². The first-order valence-corrected chi connectivity index (χ1v) is 4.34. The number of nitrogens with zero attached hydrogens (tertiary/aromatic N) is 1. The van der Waals surface area contributed by atoms with Crippen LogP contribution in [0.5, 0.6) is 11.8 Å². The number of ketones is 1. The number of pyridine rings is 1. The molecule has 0 bridgehead atoms. The Morgan fingerprint density at radius 1 is 1.29 bits per heavy atom. The van der Waals surface area contributed by atoms with Gasteiger partial charge < -0.3 is 9.47 Å². The highest BCUT2D eigenvalue weighted by molar-refractivity contribution is 5.96. The molecule has 0 aromatic carbocycles. The van der Waals surface area contributed by atoms with Crippen LogP contribution < -0.4 is 9.47 Å². The molecule has 76 valence electrons. The molecule has 14 heavy (non-hydrogen) atoms. The van der Waals surface area contributed by atoms with Gasteiger partial charge in [-0.25, -0.2) is 0 Å². The number of methoxy groups -OCH3 is 2. The molecule has 0 saturated heterocycles. The summed E-state index contributed by atoms with van der Waals surface area (Å²) in [4.78, 5) is 15.4. The van der Waals surface area contributed by atoms with Crippen molar-refractivity contribution in [1.82, 2.24) is 4.98 Å². The monoisotopic (exact) mass is 195 g/mol. The minimum absolute atomic E-state index is 0.0454. The summed E-state index contributed by atoms with van der Waals surface area (Å²) in [6.45, 7) is 1.81. The Hall–Kier alpha value is -1.58. The van der Waals surface area contributed by atoms with Gasteiger partial charge in [0.1, 0.15) is 0 Å². The van der Waals surface area contributed by atoms with Crippen LogP contribution in [0.2, 0.25) is 0 Å². The summed E-state index contributed by atoms with van der Waals surface area (Å²) in [6.07, 6.45) is 0.455. The normalized spacial score (nSPS) is 9.64. The van der Waals surface area contributed by atoms with E-state index in [0.717, 1.165) is 0 Å². The number of aromatic nitrogens is 1. The van der Waals surface area contributed by atoms with Crippen LogP contribution in [0, 0.1) is 0 Å². The Labute approximate surface area is 82.9 Å². The van der Waals surface area contributed by atoms with E-state index in [2.05, 4.69) is 4.98 Å². The topological polar surface area (TPSA) is 48.4 Å². The van der Waals surface area contributed by atoms with E-state index in [-0.39, 0.29) is 5.78 Å². The minimum atomic E-state index is 0.0454. The Kier molecular flexibility index (Phi) is 3.45. The lowest BCUT2D eigenvalue weighted by molar-refractivity contribution is 0.0987. The Morgan fingerprint density at radius 2 is 1.79 bits per heavy atom. The Morgan fingerprint density at radius 3 is 2.14 bits per heavy atom. The third-order valence-corrected chi connectivity index (χ3v) is 1.84. The lowest BCUT2D eigenvalue weighted by Gasteiger charge is -2.05. The van der Waals surface area contributed by atoms with Crippen LogP contribution in [0.15, 0.2) is 12.1 Å². The Balaban J connectivity index is 3.10. The molecule has 0 aliphatic carbocycles. The zero-order valence-electron chi connectivity index (χ0n) is 8.53. The maximum absolute atomic E-state index is 11.4. The highest BCUT2D eigenvalue weighted by Crippen LogP contribution is 2.18. The first-order valence-electron chi connectivity index (χ1n) is 4.34. The van der Waals surface area contributed by atoms with Crippen molar-refractivity contribution < 1.29 is 14.3 Å². The standard InChI is InChI=1S/C10H13NO3/c1-4-8(12)7-5-9(13-2)11-10(6-7)14-3/h5-6H,4H2,1-3H3. The second-order valence-corrected chi connectivity index (χ2v) is 2.72.